The highest BCUT2D eigenvalue weighted by molar-refractivity contribution is 5.93. The highest BCUT2D eigenvalue weighted by Crippen LogP contribution is 2.35. The molecule has 0 saturated carbocycles. The van der Waals surface area contributed by atoms with Crippen molar-refractivity contribution in [3.05, 3.63) is 35.2 Å². The van der Waals surface area contributed by atoms with Crippen molar-refractivity contribution in [2.75, 3.05) is 69.3 Å². The average Bonchev–Trinajstić information content (AvgIpc) is 3.51. The minimum atomic E-state index is 0.530. The van der Waals surface area contributed by atoms with Crippen LogP contribution >= 0.6 is 0 Å². The van der Waals surface area contributed by atoms with Gasteiger partial charge in [-0.05, 0) is 45.0 Å². The summed E-state index contributed by atoms with van der Waals surface area (Å²) in [4.78, 5) is 17.1. The van der Waals surface area contributed by atoms with Gasteiger partial charge in [0.2, 0.25) is 0 Å². The molecular weight excluding hydrogens is 428 g/mol. The van der Waals surface area contributed by atoms with Crippen molar-refractivity contribution in [3.8, 4) is 6.01 Å². The predicted octanol–water partition coefficient (Wildman–Crippen LogP) is 1.96. The summed E-state index contributed by atoms with van der Waals surface area (Å²) >= 11 is 0. The second-order valence-corrected chi connectivity index (χ2v) is 9.95. The van der Waals surface area contributed by atoms with Crippen LogP contribution in [0, 0.1) is 12.8 Å². The Kier molecular flexibility index (Phi) is 5.74. The average molecular weight is 463 g/mol. The summed E-state index contributed by atoms with van der Waals surface area (Å²) in [6.07, 6.45) is 4.04. The lowest BCUT2D eigenvalue weighted by molar-refractivity contribution is 0.231. The number of hydrogen-bond acceptors (Lipinski definition) is 8. The lowest BCUT2D eigenvalue weighted by Gasteiger charge is -2.35. The van der Waals surface area contributed by atoms with E-state index in [1.54, 1.807) is 0 Å². The molecule has 1 aromatic carbocycles. The van der Waals surface area contributed by atoms with Crippen LogP contribution in [0.4, 0.5) is 11.5 Å². The number of piperazine rings is 1. The fourth-order valence-electron chi connectivity index (χ4n) is 5.67. The molecule has 3 aliphatic rings. The van der Waals surface area contributed by atoms with Crippen LogP contribution in [-0.4, -0.2) is 84.5 Å². The second-order valence-electron chi connectivity index (χ2n) is 9.95. The standard InChI is InChI=1S/C25H34N8O/c1-17-3-4-21-20(13-27-30-21)23(17)33-10-6-19-22(15-33)28-25(34-16-18-5-9-31(2)14-18)29-24(19)32-11-7-26-8-12-32/h3-4,13,18,26H,5-12,14-16H2,1-2H3,(H,27,30)/t18-/m1/s1. The molecule has 0 amide bonds. The number of fused-ring (bicyclic) bond motifs is 2. The van der Waals surface area contributed by atoms with Crippen LogP contribution in [-0.2, 0) is 13.0 Å². The van der Waals surface area contributed by atoms with Crippen LogP contribution < -0.4 is 19.9 Å². The molecule has 0 radical (unpaired) electrons. The lowest BCUT2D eigenvalue weighted by atomic mass is 10.0. The van der Waals surface area contributed by atoms with Gasteiger partial charge in [-0.3, -0.25) is 5.10 Å². The maximum Gasteiger partial charge on any atom is 0.318 e. The van der Waals surface area contributed by atoms with E-state index in [1.807, 2.05) is 6.20 Å². The summed E-state index contributed by atoms with van der Waals surface area (Å²) < 4.78 is 6.23. The molecule has 6 rings (SSSR count). The number of rotatable bonds is 5. The molecule has 9 heteroatoms. The molecule has 2 fully saturated rings. The number of aryl methyl sites for hydroxylation is 1. The fourth-order valence-corrected chi connectivity index (χ4v) is 5.67. The van der Waals surface area contributed by atoms with Crippen molar-refractivity contribution in [2.24, 2.45) is 5.92 Å². The summed E-state index contributed by atoms with van der Waals surface area (Å²) in [5.74, 6) is 1.62. The van der Waals surface area contributed by atoms with Crippen LogP contribution in [0.25, 0.3) is 10.9 Å². The SMILES string of the molecule is Cc1ccc2[nH]ncc2c1N1CCc2c(nc(OC[C@@H]3CCN(C)C3)nc2N2CCNCC2)C1. The Morgan fingerprint density at radius 2 is 1.97 bits per heavy atom. The van der Waals surface area contributed by atoms with Crippen molar-refractivity contribution in [1.29, 1.82) is 0 Å². The Bertz CT molecular complexity index is 1170. The summed E-state index contributed by atoms with van der Waals surface area (Å²) in [6, 6.07) is 4.81. The summed E-state index contributed by atoms with van der Waals surface area (Å²) in [5.41, 5.74) is 5.95. The first-order valence-electron chi connectivity index (χ1n) is 12.5. The molecule has 0 unspecified atom stereocenters. The molecule has 2 N–H and O–H groups in total. The van der Waals surface area contributed by atoms with E-state index in [0.29, 0.717) is 18.5 Å². The number of aromatic nitrogens is 4. The van der Waals surface area contributed by atoms with Gasteiger partial charge in [-0.1, -0.05) is 6.07 Å². The summed E-state index contributed by atoms with van der Waals surface area (Å²) in [5, 5.41) is 12.0. The van der Waals surface area contributed by atoms with Crippen molar-refractivity contribution in [2.45, 2.75) is 26.3 Å². The summed E-state index contributed by atoms with van der Waals surface area (Å²) in [7, 11) is 2.18. The van der Waals surface area contributed by atoms with Gasteiger partial charge in [0.1, 0.15) is 5.82 Å². The molecule has 1 atom stereocenters. The minimum Gasteiger partial charge on any atom is -0.463 e. The molecule has 0 aliphatic carbocycles. The monoisotopic (exact) mass is 462 g/mol. The number of likely N-dealkylation sites (tertiary alicyclic amines) is 1. The van der Waals surface area contributed by atoms with Gasteiger partial charge in [0.15, 0.2) is 0 Å². The normalized spacial score (nSPS) is 21.3. The zero-order valence-corrected chi connectivity index (χ0v) is 20.2. The predicted molar refractivity (Wildman–Crippen MR) is 134 cm³/mol. The number of ether oxygens (including phenoxy) is 1. The van der Waals surface area contributed by atoms with E-state index in [9.17, 15) is 0 Å². The number of benzene rings is 1. The molecule has 3 aliphatic heterocycles. The third kappa shape index (κ3) is 4.07. The highest BCUT2D eigenvalue weighted by Gasteiger charge is 2.28. The first-order valence-corrected chi connectivity index (χ1v) is 12.5. The molecule has 0 spiro atoms. The molecule has 2 saturated heterocycles. The van der Waals surface area contributed by atoms with Crippen molar-refractivity contribution in [3.63, 3.8) is 0 Å². The fraction of sp³-hybridized carbons (Fsp3) is 0.560. The van der Waals surface area contributed by atoms with Crippen LogP contribution in [0.3, 0.4) is 0 Å². The van der Waals surface area contributed by atoms with Gasteiger partial charge in [-0.2, -0.15) is 15.1 Å². The first kappa shape index (κ1) is 21.6. The number of H-pyrrole nitrogens is 1. The molecule has 2 aromatic heterocycles. The molecule has 3 aromatic rings. The molecule has 180 valence electrons. The van der Waals surface area contributed by atoms with E-state index in [4.69, 9.17) is 14.7 Å². The second kappa shape index (κ2) is 9.03. The maximum atomic E-state index is 6.23. The van der Waals surface area contributed by atoms with Crippen LogP contribution in [0.2, 0.25) is 0 Å². The van der Waals surface area contributed by atoms with Gasteiger partial charge in [0.05, 0.1) is 36.2 Å². The zero-order valence-electron chi connectivity index (χ0n) is 20.2. The van der Waals surface area contributed by atoms with E-state index in [-0.39, 0.29) is 0 Å². The smallest absolute Gasteiger partial charge is 0.318 e. The largest absolute Gasteiger partial charge is 0.463 e. The number of aromatic amines is 1. The number of nitrogens with one attached hydrogen (secondary N) is 2. The summed E-state index contributed by atoms with van der Waals surface area (Å²) in [6.45, 7) is 10.7. The van der Waals surface area contributed by atoms with Crippen molar-refractivity contribution in [1.82, 2.24) is 30.4 Å². The molecule has 0 bridgehead atoms. The van der Waals surface area contributed by atoms with E-state index in [1.165, 1.54) is 28.6 Å². The third-order valence-corrected chi connectivity index (χ3v) is 7.49. The molecular formula is C25H34N8O. The third-order valence-electron chi connectivity index (χ3n) is 7.49. The topological polar surface area (TPSA) is 85.4 Å². The van der Waals surface area contributed by atoms with Gasteiger partial charge in [0.25, 0.3) is 0 Å². The van der Waals surface area contributed by atoms with E-state index >= 15 is 0 Å². The van der Waals surface area contributed by atoms with E-state index in [0.717, 1.165) is 75.8 Å². The van der Waals surface area contributed by atoms with Gasteiger partial charge in [0, 0.05) is 56.1 Å². The van der Waals surface area contributed by atoms with Gasteiger partial charge in [-0.25, -0.2) is 0 Å². The van der Waals surface area contributed by atoms with Crippen molar-refractivity contribution >= 4 is 22.4 Å². The Labute approximate surface area is 200 Å². The van der Waals surface area contributed by atoms with Crippen LogP contribution in [0.1, 0.15) is 23.2 Å². The van der Waals surface area contributed by atoms with Gasteiger partial charge >= 0.3 is 6.01 Å². The Balaban J connectivity index is 1.32. The van der Waals surface area contributed by atoms with Crippen molar-refractivity contribution < 1.29 is 4.74 Å². The van der Waals surface area contributed by atoms with Gasteiger partial charge < -0.3 is 24.8 Å². The Morgan fingerprint density at radius 3 is 2.79 bits per heavy atom. The maximum absolute atomic E-state index is 6.23. The quantitative estimate of drug-likeness (QED) is 0.595. The van der Waals surface area contributed by atoms with Crippen LogP contribution in [0.5, 0.6) is 6.01 Å². The first-order chi connectivity index (χ1) is 16.7. The lowest BCUT2D eigenvalue weighted by Crippen LogP contribution is -2.45. The van der Waals surface area contributed by atoms with Crippen LogP contribution in [0.15, 0.2) is 18.3 Å². The molecule has 5 heterocycles. The minimum absolute atomic E-state index is 0.530. The number of anilines is 2. The molecule has 34 heavy (non-hydrogen) atoms. The Hall–Kier alpha value is -2.91. The van der Waals surface area contributed by atoms with E-state index in [2.05, 4.69) is 56.3 Å². The highest BCUT2D eigenvalue weighted by atomic mass is 16.5. The molecule has 9 nitrogen and oxygen atoms in total. The number of nitrogens with zero attached hydrogens (tertiary/aromatic N) is 6. The Morgan fingerprint density at radius 1 is 1.09 bits per heavy atom. The number of hydrogen-bond donors (Lipinski definition) is 2. The zero-order chi connectivity index (χ0) is 23.1. The van der Waals surface area contributed by atoms with E-state index < -0.39 is 0 Å². The van der Waals surface area contributed by atoms with Gasteiger partial charge in [-0.15, -0.1) is 0 Å².